The zero-order chi connectivity index (χ0) is 38.3. The molecule has 4 aliphatic heterocycles. The van der Waals surface area contributed by atoms with Crippen LogP contribution in [0.1, 0.15) is 44.9 Å². The van der Waals surface area contributed by atoms with E-state index in [9.17, 15) is 66.4 Å². The maximum Gasteiger partial charge on any atom is 0.187 e. The number of ether oxygens (including phenoxy) is 7. The summed E-state index contributed by atoms with van der Waals surface area (Å²) in [4.78, 5) is 0. The zero-order valence-electron chi connectivity index (χ0n) is 29.0. The molecule has 4 saturated heterocycles. The van der Waals surface area contributed by atoms with Gasteiger partial charge in [-0.25, -0.2) is 0 Å². The van der Waals surface area contributed by atoms with Crippen LogP contribution in [0.5, 0.6) is 0 Å². The molecule has 0 aromatic carbocycles. The molecule has 0 bridgehead atoms. The predicted octanol–water partition coefficient (Wildman–Crippen LogP) is -6.34. The van der Waals surface area contributed by atoms with Crippen LogP contribution in [0.4, 0.5) is 0 Å². The molecule has 21 atom stereocenters. The molecule has 20 nitrogen and oxygen atoms in total. The highest BCUT2D eigenvalue weighted by Gasteiger charge is 2.55. The fourth-order valence-corrected chi connectivity index (χ4v) is 8.68. The molecule has 0 amide bonds. The number of aliphatic hydroxyl groups is 13. The van der Waals surface area contributed by atoms with Crippen LogP contribution < -0.4 is 0 Å². The van der Waals surface area contributed by atoms with Crippen molar-refractivity contribution in [2.45, 2.75) is 174 Å². The summed E-state index contributed by atoms with van der Waals surface area (Å²) in [5, 5.41) is 135. The second kappa shape index (κ2) is 17.8. The molecule has 2 aliphatic carbocycles. The molecule has 0 aromatic heterocycles. The van der Waals surface area contributed by atoms with E-state index in [1.165, 1.54) is 0 Å². The van der Waals surface area contributed by atoms with Crippen molar-refractivity contribution in [3.8, 4) is 0 Å². The van der Waals surface area contributed by atoms with Gasteiger partial charge in [-0.15, -0.1) is 0 Å². The second-order valence-corrected chi connectivity index (χ2v) is 15.3. The second-order valence-electron chi connectivity index (χ2n) is 15.3. The molecule has 53 heavy (non-hydrogen) atoms. The Morgan fingerprint density at radius 1 is 0.434 bits per heavy atom. The normalized spacial score (nSPS) is 53.9. The van der Waals surface area contributed by atoms with E-state index in [-0.39, 0.29) is 25.2 Å². The summed E-state index contributed by atoms with van der Waals surface area (Å²) in [5.41, 5.74) is 0. The quantitative estimate of drug-likeness (QED) is 0.0982. The van der Waals surface area contributed by atoms with E-state index in [1.54, 1.807) is 0 Å². The minimum Gasteiger partial charge on any atom is -0.394 e. The van der Waals surface area contributed by atoms with Crippen molar-refractivity contribution in [3.05, 3.63) is 0 Å². The van der Waals surface area contributed by atoms with Gasteiger partial charge in [-0.3, -0.25) is 0 Å². The van der Waals surface area contributed by atoms with E-state index in [1.807, 2.05) is 0 Å². The first-order valence-corrected chi connectivity index (χ1v) is 18.5. The molecule has 13 N–H and O–H groups in total. The number of fused-ring (bicyclic) bond motifs is 1. The predicted molar refractivity (Wildman–Crippen MR) is 170 cm³/mol. The number of aliphatic hydroxyl groups excluding tert-OH is 13. The molecule has 6 fully saturated rings. The van der Waals surface area contributed by atoms with Crippen LogP contribution in [0.3, 0.4) is 0 Å². The summed E-state index contributed by atoms with van der Waals surface area (Å²) in [6, 6.07) is 0. The van der Waals surface area contributed by atoms with E-state index in [0.717, 1.165) is 0 Å². The lowest BCUT2D eigenvalue weighted by Crippen LogP contribution is -2.66. The van der Waals surface area contributed by atoms with Crippen molar-refractivity contribution in [2.24, 2.45) is 11.8 Å². The lowest BCUT2D eigenvalue weighted by molar-refractivity contribution is -0.380. The smallest absolute Gasteiger partial charge is 0.187 e. The van der Waals surface area contributed by atoms with Gasteiger partial charge < -0.3 is 99.5 Å². The summed E-state index contributed by atoms with van der Waals surface area (Å²) >= 11 is 0. The van der Waals surface area contributed by atoms with Gasteiger partial charge in [0.25, 0.3) is 0 Å². The fourth-order valence-electron chi connectivity index (χ4n) is 8.68. The van der Waals surface area contributed by atoms with Crippen LogP contribution >= 0.6 is 0 Å². The van der Waals surface area contributed by atoms with E-state index >= 15 is 0 Å². The highest BCUT2D eigenvalue weighted by Crippen LogP contribution is 2.45. The van der Waals surface area contributed by atoms with Crippen LogP contribution in [0.2, 0.25) is 0 Å². The first kappa shape index (κ1) is 41.8. The average Bonchev–Trinajstić information content (AvgIpc) is 3.14. The van der Waals surface area contributed by atoms with Gasteiger partial charge in [0.15, 0.2) is 18.9 Å². The monoisotopic (exact) mass is 772 g/mol. The van der Waals surface area contributed by atoms with Crippen molar-refractivity contribution in [3.63, 3.8) is 0 Å². The van der Waals surface area contributed by atoms with Gasteiger partial charge >= 0.3 is 0 Å². The fraction of sp³-hybridized carbons (Fsp3) is 1.00. The molecule has 6 aliphatic rings. The Bertz CT molecular complexity index is 1140. The van der Waals surface area contributed by atoms with Crippen LogP contribution in [-0.2, 0) is 33.2 Å². The van der Waals surface area contributed by atoms with Gasteiger partial charge in [-0.2, -0.15) is 0 Å². The zero-order valence-corrected chi connectivity index (χ0v) is 29.0. The van der Waals surface area contributed by atoms with Crippen molar-refractivity contribution >= 4 is 0 Å². The average molecular weight is 773 g/mol. The molecule has 0 spiro atoms. The van der Waals surface area contributed by atoms with Crippen molar-refractivity contribution < 1.29 is 99.5 Å². The van der Waals surface area contributed by atoms with Crippen LogP contribution in [0.25, 0.3) is 0 Å². The standard InChI is InChI=1S/C33H56O20/c34-8-18-21(39)24(42)27(45)31(50-18)48-16-6-13(38)5-15-14(16)7-17(29(47-15)11-1-3-12(37)4-2-11)49-33-30(26(44)23(41)20(10-36)52-33)53-32-28(46)25(43)22(40)19(9-35)51-32/h11-46H,1-10H2. The SMILES string of the molecule is OCC1OC(OC2CC(O)CC3OC(C4CCC(O)CC4)C(OC4OC(CO)C(O)C(O)C4OC4OC(CO)C(O)C(O)C4O)CC23)C(O)C(O)C1O. The Labute approximate surface area is 305 Å². The molecule has 2 saturated carbocycles. The highest BCUT2D eigenvalue weighted by atomic mass is 16.8. The third-order valence-corrected chi connectivity index (χ3v) is 11.8. The first-order valence-electron chi connectivity index (χ1n) is 18.5. The van der Waals surface area contributed by atoms with Crippen molar-refractivity contribution in [1.29, 1.82) is 0 Å². The van der Waals surface area contributed by atoms with Gasteiger partial charge in [-0.05, 0) is 44.4 Å². The maximum absolute atomic E-state index is 11.2. The largest absolute Gasteiger partial charge is 0.394 e. The van der Waals surface area contributed by atoms with E-state index < -0.39 is 154 Å². The Morgan fingerprint density at radius 2 is 0.925 bits per heavy atom. The van der Waals surface area contributed by atoms with Gasteiger partial charge in [0.05, 0.1) is 56.4 Å². The van der Waals surface area contributed by atoms with Crippen molar-refractivity contribution in [1.82, 2.24) is 0 Å². The minimum absolute atomic E-state index is 0.0484. The Hall–Kier alpha value is -0.800. The molecule has 4 heterocycles. The van der Waals surface area contributed by atoms with Gasteiger partial charge in [0.1, 0.15) is 73.2 Å². The van der Waals surface area contributed by atoms with E-state index in [2.05, 4.69) is 0 Å². The van der Waals surface area contributed by atoms with Gasteiger partial charge in [0, 0.05) is 12.3 Å². The topological polar surface area (TPSA) is 328 Å². The molecule has 0 radical (unpaired) electrons. The highest BCUT2D eigenvalue weighted by molar-refractivity contribution is 5.00. The molecule has 0 aromatic rings. The first-order chi connectivity index (χ1) is 25.3. The van der Waals surface area contributed by atoms with Crippen LogP contribution in [0, 0.1) is 11.8 Å². The molecule has 308 valence electrons. The van der Waals surface area contributed by atoms with E-state index in [0.29, 0.717) is 25.7 Å². The lowest BCUT2D eigenvalue weighted by atomic mass is 9.73. The Balaban J connectivity index is 1.27. The third kappa shape index (κ3) is 8.72. The molecular formula is C33H56O20. The maximum atomic E-state index is 11.2. The van der Waals surface area contributed by atoms with Crippen LogP contribution in [0.15, 0.2) is 0 Å². The summed E-state index contributed by atoms with van der Waals surface area (Å²) in [6.45, 7) is -2.18. The number of hydrogen-bond donors (Lipinski definition) is 13. The number of rotatable bonds is 10. The number of hydrogen-bond acceptors (Lipinski definition) is 20. The third-order valence-electron chi connectivity index (χ3n) is 11.8. The molecule has 20 heteroatoms. The lowest BCUT2D eigenvalue weighted by Gasteiger charge is -2.52. The minimum atomic E-state index is -1.87. The van der Waals surface area contributed by atoms with Crippen LogP contribution in [-0.4, -0.2) is 215 Å². The summed E-state index contributed by atoms with van der Waals surface area (Å²) in [5.74, 6) is -0.718. The van der Waals surface area contributed by atoms with Gasteiger partial charge in [-0.1, -0.05) is 0 Å². The summed E-state index contributed by atoms with van der Waals surface area (Å²) < 4.78 is 42.3. The summed E-state index contributed by atoms with van der Waals surface area (Å²) in [6.07, 6.45) is -26.4. The molecule has 21 unspecified atom stereocenters. The molecule has 6 rings (SSSR count). The summed E-state index contributed by atoms with van der Waals surface area (Å²) in [7, 11) is 0. The molecular weight excluding hydrogens is 716 g/mol. The Kier molecular flexibility index (Phi) is 14.0. The van der Waals surface area contributed by atoms with Crippen molar-refractivity contribution in [2.75, 3.05) is 19.8 Å². The Morgan fingerprint density at radius 3 is 1.47 bits per heavy atom. The van der Waals surface area contributed by atoms with E-state index in [4.69, 9.17) is 33.2 Å². The van der Waals surface area contributed by atoms with Gasteiger partial charge in [0.2, 0.25) is 0 Å².